The van der Waals surface area contributed by atoms with Gasteiger partial charge in [0.15, 0.2) is 0 Å². The van der Waals surface area contributed by atoms with Crippen molar-refractivity contribution in [2.75, 3.05) is 33.4 Å². The van der Waals surface area contributed by atoms with E-state index in [1.54, 1.807) is 36.4 Å². The van der Waals surface area contributed by atoms with E-state index in [4.69, 9.17) is 24.2 Å². The summed E-state index contributed by atoms with van der Waals surface area (Å²) in [7, 11) is 1.51. The predicted octanol–water partition coefficient (Wildman–Crippen LogP) is 5.33. The number of halogens is 4. The van der Waals surface area contributed by atoms with E-state index in [9.17, 15) is 22.4 Å². The quantitative estimate of drug-likeness (QED) is 0.445. The van der Waals surface area contributed by atoms with Crippen LogP contribution in [0.25, 0.3) is 0 Å². The number of amides is 1. The van der Waals surface area contributed by atoms with Crippen molar-refractivity contribution < 1.29 is 41.3 Å². The molecule has 2 heterocycles. The first-order valence-electron chi connectivity index (χ1n) is 12.2. The van der Waals surface area contributed by atoms with Crippen LogP contribution >= 0.6 is 0 Å². The van der Waals surface area contributed by atoms with E-state index >= 15 is 0 Å². The standard InChI is InChI=1S/C27H28F4N2O5/c1-35-22-6-2-18(3-7-22)15-36-17-24(27(29,30)31)38-25(34)33-10-8-26(9-11-33)13-21(16-37-26)19-4-5-20(14-32)23(28)12-19/h2-7,12,21,24H,8-11,13,15-17H2,1H3/t21?,24-/m1/s1. The van der Waals surface area contributed by atoms with Crippen LogP contribution in [0.5, 0.6) is 5.75 Å². The number of nitriles is 1. The van der Waals surface area contributed by atoms with Crippen LogP contribution in [-0.2, 0) is 20.8 Å². The fraction of sp³-hybridized carbons (Fsp3) is 0.481. The number of rotatable bonds is 7. The molecule has 1 spiro atoms. The molecule has 2 aliphatic heterocycles. The van der Waals surface area contributed by atoms with Gasteiger partial charge in [-0.2, -0.15) is 18.4 Å². The number of carbonyl (C=O) groups is 1. The average molecular weight is 537 g/mol. The molecule has 38 heavy (non-hydrogen) atoms. The maximum atomic E-state index is 14.0. The van der Waals surface area contributed by atoms with Gasteiger partial charge in [0, 0.05) is 19.0 Å². The number of hydrogen-bond acceptors (Lipinski definition) is 6. The fourth-order valence-corrected chi connectivity index (χ4v) is 4.78. The Kier molecular flexibility index (Phi) is 8.43. The smallest absolute Gasteiger partial charge is 0.427 e. The lowest BCUT2D eigenvalue weighted by molar-refractivity contribution is -0.220. The summed E-state index contributed by atoms with van der Waals surface area (Å²) in [4.78, 5) is 13.8. The van der Waals surface area contributed by atoms with Gasteiger partial charge in [-0.05, 0) is 54.7 Å². The number of alkyl halides is 3. The van der Waals surface area contributed by atoms with Crippen LogP contribution < -0.4 is 4.74 Å². The van der Waals surface area contributed by atoms with Crippen molar-refractivity contribution in [3.63, 3.8) is 0 Å². The molecule has 4 rings (SSSR count). The number of benzene rings is 2. The molecule has 204 valence electrons. The van der Waals surface area contributed by atoms with Gasteiger partial charge in [-0.1, -0.05) is 18.2 Å². The van der Waals surface area contributed by atoms with Crippen LogP contribution in [0.1, 0.15) is 41.9 Å². The number of methoxy groups -OCH3 is 1. The Morgan fingerprint density at radius 3 is 2.53 bits per heavy atom. The molecular formula is C27H28F4N2O5. The monoisotopic (exact) mass is 536 g/mol. The number of hydrogen-bond donors (Lipinski definition) is 0. The van der Waals surface area contributed by atoms with Crippen LogP contribution in [0.4, 0.5) is 22.4 Å². The SMILES string of the molecule is COc1ccc(COC[C@@H](OC(=O)N2CCC3(CC2)CC(c2ccc(C#N)c(F)c2)CO3)C(F)(F)F)cc1. The van der Waals surface area contributed by atoms with E-state index in [1.165, 1.54) is 24.1 Å². The summed E-state index contributed by atoms with van der Waals surface area (Å²) in [5, 5.41) is 8.92. The zero-order chi connectivity index (χ0) is 27.3. The Balaban J connectivity index is 1.28. The first-order chi connectivity index (χ1) is 18.1. The first kappa shape index (κ1) is 27.7. The minimum Gasteiger partial charge on any atom is -0.497 e. The van der Waals surface area contributed by atoms with Gasteiger partial charge >= 0.3 is 12.3 Å². The summed E-state index contributed by atoms with van der Waals surface area (Å²) in [6.07, 6.45) is -6.82. The van der Waals surface area contributed by atoms with Crippen LogP contribution in [0.2, 0.25) is 0 Å². The molecule has 2 aromatic rings. The number of nitrogens with zero attached hydrogens (tertiary/aromatic N) is 2. The Morgan fingerprint density at radius 2 is 1.92 bits per heavy atom. The molecule has 2 aliphatic rings. The Bertz CT molecular complexity index is 1160. The van der Waals surface area contributed by atoms with E-state index in [1.807, 2.05) is 0 Å². The van der Waals surface area contributed by atoms with Crippen LogP contribution in [-0.4, -0.2) is 62.3 Å². The first-order valence-corrected chi connectivity index (χ1v) is 12.2. The predicted molar refractivity (Wildman–Crippen MR) is 127 cm³/mol. The second kappa shape index (κ2) is 11.6. The van der Waals surface area contributed by atoms with E-state index < -0.39 is 36.4 Å². The van der Waals surface area contributed by atoms with Gasteiger partial charge in [0.05, 0.1) is 38.1 Å². The van der Waals surface area contributed by atoms with Crippen molar-refractivity contribution in [1.29, 1.82) is 5.26 Å². The molecule has 11 heteroatoms. The molecule has 2 fully saturated rings. The van der Waals surface area contributed by atoms with Crippen molar-refractivity contribution in [2.45, 2.75) is 49.7 Å². The molecule has 2 saturated heterocycles. The minimum atomic E-state index is -4.79. The number of carbonyl (C=O) groups excluding carboxylic acids is 1. The summed E-state index contributed by atoms with van der Waals surface area (Å²) >= 11 is 0. The highest BCUT2D eigenvalue weighted by atomic mass is 19.4. The molecule has 0 radical (unpaired) electrons. The molecule has 0 bridgehead atoms. The molecule has 0 N–H and O–H groups in total. The van der Waals surface area contributed by atoms with Gasteiger partial charge in [0.1, 0.15) is 17.6 Å². The topological polar surface area (TPSA) is 81.0 Å². The number of piperidine rings is 1. The van der Waals surface area contributed by atoms with Crippen molar-refractivity contribution in [3.05, 3.63) is 65.0 Å². The Labute approximate surface area is 217 Å². The maximum Gasteiger partial charge on any atom is 0.427 e. The molecule has 1 amide bonds. The Morgan fingerprint density at radius 1 is 1.21 bits per heavy atom. The van der Waals surface area contributed by atoms with Gasteiger partial charge in [-0.25, -0.2) is 9.18 Å². The van der Waals surface area contributed by atoms with E-state index in [-0.39, 0.29) is 31.2 Å². The lowest BCUT2D eigenvalue weighted by Gasteiger charge is -2.38. The molecular weight excluding hydrogens is 508 g/mol. The van der Waals surface area contributed by atoms with Gasteiger partial charge in [0.25, 0.3) is 0 Å². The fourth-order valence-electron chi connectivity index (χ4n) is 4.78. The second-order valence-electron chi connectivity index (χ2n) is 9.51. The Hall–Kier alpha value is -3.36. The third-order valence-electron chi connectivity index (χ3n) is 7.03. The normalized spacial score (nSPS) is 19.7. The third kappa shape index (κ3) is 6.55. The zero-order valence-corrected chi connectivity index (χ0v) is 20.8. The highest BCUT2D eigenvalue weighted by Gasteiger charge is 2.47. The van der Waals surface area contributed by atoms with E-state index in [0.717, 1.165) is 5.56 Å². The summed E-state index contributed by atoms with van der Waals surface area (Å²) in [6, 6.07) is 13.0. The summed E-state index contributed by atoms with van der Waals surface area (Å²) in [5.41, 5.74) is 0.801. The molecule has 0 aliphatic carbocycles. The van der Waals surface area contributed by atoms with Crippen LogP contribution in [0.15, 0.2) is 42.5 Å². The van der Waals surface area contributed by atoms with Crippen molar-refractivity contribution in [1.82, 2.24) is 4.90 Å². The van der Waals surface area contributed by atoms with Gasteiger partial charge in [0.2, 0.25) is 6.10 Å². The molecule has 2 aromatic carbocycles. The van der Waals surface area contributed by atoms with Gasteiger partial charge < -0.3 is 23.8 Å². The highest BCUT2D eigenvalue weighted by Crippen LogP contribution is 2.43. The van der Waals surface area contributed by atoms with Crippen molar-refractivity contribution in [3.8, 4) is 11.8 Å². The lowest BCUT2D eigenvalue weighted by Crippen LogP contribution is -2.49. The number of ether oxygens (including phenoxy) is 4. The molecule has 1 unspecified atom stereocenters. The lowest BCUT2D eigenvalue weighted by atomic mass is 9.83. The van der Waals surface area contributed by atoms with Crippen LogP contribution in [0.3, 0.4) is 0 Å². The molecule has 7 nitrogen and oxygen atoms in total. The summed E-state index contributed by atoms with van der Waals surface area (Å²) in [6.45, 7) is -0.209. The number of likely N-dealkylation sites (tertiary alicyclic amines) is 1. The second-order valence-corrected chi connectivity index (χ2v) is 9.51. The molecule has 2 atom stereocenters. The average Bonchev–Trinajstić information content (AvgIpc) is 3.31. The van der Waals surface area contributed by atoms with Gasteiger partial charge in [-0.15, -0.1) is 0 Å². The van der Waals surface area contributed by atoms with Gasteiger partial charge in [-0.3, -0.25) is 0 Å². The largest absolute Gasteiger partial charge is 0.497 e. The molecule has 0 saturated carbocycles. The van der Waals surface area contributed by atoms with E-state index in [2.05, 4.69) is 0 Å². The summed E-state index contributed by atoms with van der Waals surface area (Å²) < 4.78 is 75.8. The van der Waals surface area contributed by atoms with E-state index in [0.29, 0.717) is 37.2 Å². The van der Waals surface area contributed by atoms with Crippen molar-refractivity contribution in [2.24, 2.45) is 0 Å². The highest BCUT2D eigenvalue weighted by molar-refractivity contribution is 5.68. The van der Waals surface area contributed by atoms with Crippen LogP contribution in [0, 0.1) is 17.1 Å². The zero-order valence-electron chi connectivity index (χ0n) is 20.8. The van der Waals surface area contributed by atoms with Crippen molar-refractivity contribution >= 4 is 6.09 Å². The summed E-state index contributed by atoms with van der Waals surface area (Å²) in [5.74, 6) is -0.0512. The third-order valence-corrected chi connectivity index (χ3v) is 7.03. The minimum absolute atomic E-state index is 0.0301. The molecule has 0 aromatic heterocycles. The maximum absolute atomic E-state index is 14.0.